The zero-order chi connectivity index (χ0) is 16.9. The average molecular weight is 330 g/mol. The standard InChI is InChI=1S/C18H34O5/c1-2-3-4-5-6-7-8-9-10-11-12-22-16-14-23-18(17(16)21)15(20)13-19/h9-10,15-21H,2-8,11-14H2,1H3/b10-9+/t15-,16+,17+,18+/m1/s1. The Balaban J connectivity index is 1.99. The number of unbranched alkanes of at least 4 members (excludes halogenated alkanes) is 6. The van der Waals surface area contributed by atoms with Crippen molar-refractivity contribution < 1.29 is 24.8 Å². The van der Waals surface area contributed by atoms with E-state index in [-0.39, 0.29) is 6.61 Å². The second kappa shape index (κ2) is 12.9. The van der Waals surface area contributed by atoms with E-state index in [1.54, 1.807) is 0 Å². The summed E-state index contributed by atoms with van der Waals surface area (Å²) in [5.74, 6) is 0. The summed E-state index contributed by atoms with van der Waals surface area (Å²) < 4.78 is 10.9. The van der Waals surface area contributed by atoms with Crippen LogP contribution in [0.15, 0.2) is 12.2 Å². The van der Waals surface area contributed by atoms with Crippen LogP contribution >= 0.6 is 0 Å². The quantitative estimate of drug-likeness (QED) is 0.356. The third kappa shape index (κ3) is 8.27. The van der Waals surface area contributed by atoms with Crippen LogP contribution in [-0.4, -0.2) is 59.6 Å². The first kappa shape index (κ1) is 20.6. The van der Waals surface area contributed by atoms with Gasteiger partial charge in [0.1, 0.15) is 24.4 Å². The van der Waals surface area contributed by atoms with Crippen molar-refractivity contribution in [3.8, 4) is 0 Å². The number of hydrogen-bond donors (Lipinski definition) is 3. The fourth-order valence-electron chi connectivity index (χ4n) is 2.77. The number of ether oxygens (including phenoxy) is 2. The van der Waals surface area contributed by atoms with Gasteiger partial charge in [-0.1, -0.05) is 51.2 Å². The highest BCUT2D eigenvalue weighted by atomic mass is 16.6. The van der Waals surface area contributed by atoms with Crippen molar-refractivity contribution in [2.45, 2.75) is 82.7 Å². The van der Waals surface area contributed by atoms with E-state index in [0.717, 1.165) is 12.8 Å². The molecule has 0 aromatic rings. The predicted octanol–water partition coefficient (Wildman–Crippen LogP) is 2.18. The van der Waals surface area contributed by atoms with E-state index in [0.29, 0.717) is 6.61 Å². The molecule has 23 heavy (non-hydrogen) atoms. The molecule has 1 heterocycles. The topological polar surface area (TPSA) is 79.2 Å². The summed E-state index contributed by atoms with van der Waals surface area (Å²) in [5, 5.41) is 28.4. The van der Waals surface area contributed by atoms with Gasteiger partial charge in [-0.15, -0.1) is 0 Å². The van der Waals surface area contributed by atoms with Crippen LogP contribution in [0.4, 0.5) is 0 Å². The maximum absolute atomic E-state index is 9.97. The van der Waals surface area contributed by atoms with Crippen molar-refractivity contribution in [2.75, 3.05) is 19.8 Å². The molecule has 0 spiro atoms. The smallest absolute Gasteiger partial charge is 0.114 e. The second-order valence-electron chi connectivity index (χ2n) is 6.26. The van der Waals surface area contributed by atoms with Crippen LogP contribution in [0.5, 0.6) is 0 Å². The first-order chi connectivity index (χ1) is 11.2. The van der Waals surface area contributed by atoms with Gasteiger partial charge in [0.25, 0.3) is 0 Å². The molecule has 0 bridgehead atoms. The molecule has 5 nitrogen and oxygen atoms in total. The van der Waals surface area contributed by atoms with E-state index < -0.39 is 31.0 Å². The van der Waals surface area contributed by atoms with Crippen LogP contribution in [0, 0.1) is 0 Å². The molecule has 0 amide bonds. The number of allylic oxidation sites excluding steroid dienone is 1. The van der Waals surface area contributed by atoms with Crippen LogP contribution in [0.2, 0.25) is 0 Å². The van der Waals surface area contributed by atoms with Gasteiger partial charge >= 0.3 is 0 Å². The second-order valence-corrected chi connectivity index (χ2v) is 6.26. The molecule has 0 aliphatic carbocycles. The molecule has 136 valence electrons. The molecule has 1 aliphatic heterocycles. The number of aliphatic hydroxyl groups excluding tert-OH is 3. The Hall–Kier alpha value is -0.460. The van der Waals surface area contributed by atoms with E-state index in [1.807, 2.05) is 0 Å². The Kier molecular flexibility index (Phi) is 11.5. The Labute approximate surface area is 140 Å². The van der Waals surface area contributed by atoms with Gasteiger partial charge in [0.2, 0.25) is 0 Å². The largest absolute Gasteiger partial charge is 0.394 e. The Bertz CT molecular complexity index is 308. The molecule has 0 aromatic carbocycles. The monoisotopic (exact) mass is 330 g/mol. The lowest BCUT2D eigenvalue weighted by molar-refractivity contribution is -0.0726. The van der Waals surface area contributed by atoms with Crippen molar-refractivity contribution in [3.05, 3.63) is 12.2 Å². The van der Waals surface area contributed by atoms with Gasteiger partial charge in [0.05, 0.1) is 19.8 Å². The van der Waals surface area contributed by atoms with Crippen LogP contribution in [0.3, 0.4) is 0 Å². The summed E-state index contributed by atoms with van der Waals surface area (Å²) in [7, 11) is 0. The molecular formula is C18H34O5. The molecule has 0 unspecified atom stereocenters. The van der Waals surface area contributed by atoms with Crippen molar-refractivity contribution >= 4 is 0 Å². The van der Waals surface area contributed by atoms with E-state index >= 15 is 0 Å². The minimum Gasteiger partial charge on any atom is -0.394 e. The van der Waals surface area contributed by atoms with Gasteiger partial charge in [0, 0.05) is 0 Å². The molecule has 1 rings (SSSR count). The van der Waals surface area contributed by atoms with Crippen LogP contribution in [0.25, 0.3) is 0 Å². The summed E-state index contributed by atoms with van der Waals surface area (Å²) in [6.07, 6.45) is 11.0. The van der Waals surface area contributed by atoms with Gasteiger partial charge in [-0.05, 0) is 19.3 Å². The number of rotatable bonds is 13. The maximum atomic E-state index is 9.97. The summed E-state index contributed by atoms with van der Waals surface area (Å²) in [5.41, 5.74) is 0. The lowest BCUT2D eigenvalue weighted by Crippen LogP contribution is -2.41. The van der Waals surface area contributed by atoms with E-state index in [1.165, 1.54) is 38.5 Å². The first-order valence-electron chi connectivity index (χ1n) is 9.05. The molecule has 4 atom stereocenters. The normalized spacial score (nSPS) is 26.2. The predicted molar refractivity (Wildman–Crippen MR) is 90.3 cm³/mol. The van der Waals surface area contributed by atoms with Crippen LogP contribution < -0.4 is 0 Å². The van der Waals surface area contributed by atoms with Gasteiger partial charge in [-0.3, -0.25) is 0 Å². The summed E-state index contributed by atoms with van der Waals surface area (Å²) in [4.78, 5) is 0. The third-order valence-electron chi connectivity index (χ3n) is 4.24. The molecule has 0 radical (unpaired) electrons. The Morgan fingerprint density at radius 1 is 1.13 bits per heavy atom. The molecule has 0 aromatic heterocycles. The summed E-state index contributed by atoms with van der Waals surface area (Å²) in [6.45, 7) is 2.59. The molecule has 0 saturated carbocycles. The SMILES string of the molecule is CCCCCCCC/C=C/CCO[C@H]1CO[C@@H]([C@H](O)CO)[C@H]1O. The fourth-order valence-corrected chi connectivity index (χ4v) is 2.77. The van der Waals surface area contributed by atoms with Crippen molar-refractivity contribution in [3.63, 3.8) is 0 Å². The number of aliphatic hydroxyl groups is 3. The molecule has 1 saturated heterocycles. The van der Waals surface area contributed by atoms with Gasteiger partial charge in [-0.25, -0.2) is 0 Å². The van der Waals surface area contributed by atoms with Crippen molar-refractivity contribution in [2.24, 2.45) is 0 Å². The summed E-state index contributed by atoms with van der Waals surface area (Å²) in [6, 6.07) is 0. The maximum Gasteiger partial charge on any atom is 0.114 e. The first-order valence-corrected chi connectivity index (χ1v) is 9.05. The van der Waals surface area contributed by atoms with E-state index in [9.17, 15) is 10.2 Å². The molecular weight excluding hydrogens is 296 g/mol. The number of hydrogen-bond acceptors (Lipinski definition) is 5. The van der Waals surface area contributed by atoms with Crippen molar-refractivity contribution in [1.82, 2.24) is 0 Å². The molecule has 1 fully saturated rings. The third-order valence-corrected chi connectivity index (χ3v) is 4.24. The minimum atomic E-state index is -1.06. The highest BCUT2D eigenvalue weighted by Crippen LogP contribution is 2.20. The molecule has 3 N–H and O–H groups in total. The average Bonchev–Trinajstić information content (AvgIpc) is 2.93. The van der Waals surface area contributed by atoms with Gasteiger partial charge in [0.15, 0.2) is 0 Å². The lowest BCUT2D eigenvalue weighted by atomic mass is 10.1. The highest BCUT2D eigenvalue weighted by Gasteiger charge is 2.40. The molecule has 5 heteroatoms. The van der Waals surface area contributed by atoms with Crippen LogP contribution in [0.1, 0.15) is 58.3 Å². The van der Waals surface area contributed by atoms with Gasteiger partial charge in [-0.2, -0.15) is 0 Å². The minimum absolute atomic E-state index is 0.254. The fraction of sp³-hybridized carbons (Fsp3) is 0.889. The molecule has 1 aliphatic rings. The van der Waals surface area contributed by atoms with E-state index in [2.05, 4.69) is 19.1 Å². The van der Waals surface area contributed by atoms with Crippen LogP contribution in [-0.2, 0) is 9.47 Å². The highest BCUT2D eigenvalue weighted by molar-refractivity contribution is 4.89. The zero-order valence-electron chi connectivity index (χ0n) is 14.4. The van der Waals surface area contributed by atoms with Gasteiger partial charge < -0.3 is 24.8 Å². The van der Waals surface area contributed by atoms with E-state index in [4.69, 9.17) is 14.6 Å². The van der Waals surface area contributed by atoms with Crippen molar-refractivity contribution in [1.29, 1.82) is 0 Å². The Morgan fingerprint density at radius 3 is 2.57 bits per heavy atom. The summed E-state index contributed by atoms with van der Waals surface area (Å²) >= 11 is 0. The lowest BCUT2D eigenvalue weighted by Gasteiger charge is -2.20. The zero-order valence-corrected chi connectivity index (χ0v) is 14.4. The Morgan fingerprint density at radius 2 is 1.83 bits per heavy atom.